The zero-order chi connectivity index (χ0) is 31.7. The highest BCUT2D eigenvalue weighted by Crippen LogP contribution is 2.17. The van der Waals surface area contributed by atoms with Crippen LogP contribution < -0.4 is 26.6 Å². The summed E-state index contributed by atoms with van der Waals surface area (Å²) in [5, 5.41) is 12.0. The molecule has 2 aliphatic rings. The fourth-order valence-electron chi connectivity index (χ4n) is 3.88. The molecule has 2 rings (SSSR count). The molecule has 16 heteroatoms. The van der Waals surface area contributed by atoms with Crippen molar-refractivity contribution in [2.75, 3.05) is 45.8 Å². The van der Waals surface area contributed by atoms with Gasteiger partial charge in [-0.1, -0.05) is 20.8 Å². The van der Waals surface area contributed by atoms with E-state index in [-0.39, 0.29) is 113 Å². The van der Waals surface area contributed by atoms with Crippen molar-refractivity contribution in [2.24, 2.45) is 5.92 Å². The van der Waals surface area contributed by atoms with Crippen molar-refractivity contribution in [1.82, 2.24) is 36.4 Å². The first-order chi connectivity index (χ1) is 20.0. The third-order valence-electron chi connectivity index (χ3n) is 6.08. The molecule has 1 atom stereocenters. The molecule has 0 bridgehead atoms. The number of carbonyl (C=O) groups is 9. The van der Waals surface area contributed by atoms with Gasteiger partial charge in [0, 0.05) is 64.2 Å². The molecule has 2 fully saturated rings. The van der Waals surface area contributed by atoms with E-state index in [1.54, 1.807) is 6.92 Å². The SMILES string of the molecule is CC.CC1CC(=O)N(CCNC(=O)CCNC(=O)CNC(=O)CNC(=O)CNC(=O)CCCN2C(=O)CCC2=O)C1=O. The van der Waals surface area contributed by atoms with Gasteiger partial charge in [-0.05, 0) is 6.42 Å². The summed E-state index contributed by atoms with van der Waals surface area (Å²) in [5.41, 5.74) is 0. The Kier molecular flexibility index (Phi) is 16.0. The van der Waals surface area contributed by atoms with Crippen LogP contribution in [-0.4, -0.2) is 109 Å². The average Bonchev–Trinajstić information content (AvgIpc) is 3.41. The highest BCUT2D eigenvalue weighted by molar-refractivity contribution is 6.03. The number of hydrogen-bond acceptors (Lipinski definition) is 9. The van der Waals surface area contributed by atoms with Crippen LogP contribution in [0.1, 0.15) is 59.3 Å². The molecule has 5 N–H and O–H groups in total. The van der Waals surface area contributed by atoms with E-state index in [1.807, 2.05) is 13.8 Å². The number of nitrogens with one attached hydrogen (secondary N) is 5. The number of nitrogens with zero attached hydrogens (tertiary/aromatic N) is 2. The zero-order valence-electron chi connectivity index (χ0n) is 24.3. The molecule has 1 unspecified atom stereocenters. The lowest BCUT2D eigenvalue weighted by atomic mass is 10.1. The van der Waals surface area contributed by atoms with Crippen LogP contribution in [0.4, 0.5) is 0 Å². The topological polar surface area (TPSA) is 220 Å². The van der Waals surface area contributed by atoms with Gasteiger partial charge in [0.1, 0.15) is 0 Å². The van der Waals surface area contributed by atoms with Gasteiger partial charge in [0.15, 0.2) is 0 Å². The van der Waals surface area contributed by atoms with Gasteiger partial charge in [-0.25, -0.2) is 0 Å². The molecule has 0 saturated carbocycles. The van der Waals surface area contributed by atoms with Gasteiger partial charge in [-0.3, -0.25) is 53.0 Å². The molecule has 2 heterocycles. The summed E-state index contributed by atoms with van der Waals surface area (Å²) in [6.45, 7) is 4.81. The number of rotatable bonds is 16. The minimum absolute atomic E-state index is 0.000225. The predicted molar refractivity (Wildman–Crippen MR) is 147 cm³/mol. The third kappa shape index (κ3) is 12.9. The zero-order valence-corrected chi connectivity index (χ0v) is 24.3. The lowest BCUT2D eigenvalue weighted by Gasteiger charge is -2.14. The van der Waals surface area contributed by atoms with Crippen molar-refractivity contribution in [2.45, 2.75) is 59.3 Å². The minimum Gasteiger partial charge on any atom is -0.354 e. The molecule has 0 aliphatic carbocycles. The van der Waals surface area contributed by atoms with Crippen LogP contribution in [0.5, 0.6) is 0 Å². The summed E-state index contributed by atoms with van der Waals surface area (Å²) in [6.07, 6.45) is 0.754. The quantitative estimate of drug-likeness (QED) is 0.117. The van der Waals surface area contributed by atoms with E-state index in [0.717, 1.165) is 9.80 Å². The van der Waals surface area contributed by atoms with Gasteiger partial charge in [0.25, 0.3) is 0 Å². The Labute approximate surface area is 244 Å². The standard InChI is InChI=1S/C24H35N7O9.C2H6/c1-15-11-23(39)31(24(15)40)10-8-26-17(33)6-7-25-18(34)12-28-20(36)14-29-19(35)13-27-16(32)3-2-9-30-21(37)4-5-22(30)38;1-2/h15H,2-14H2,1H3,(H,25,34)(H,26,33)(H,27,32)(H,28,36)(H,29,35);1-2H3. The normalized spacial score (nSPS) is 16.0. The van der Waals surface area contributed by atoms with E-state index >= 15 is 0 Å². The second-order valence-electron chi connectivity index (χ2n) is 9.31. The first-order valence-electron chi connectivity index (χ1n) is 14.0. The molecule has 16 nitrogen and oxygen atoms in total. The van der Waals surface area contributed by atoms with Crippen LogP contribution in [0.2, 0.25) is 0 Å². The maximum atomic E-state index is 11.9. The largest absolute Gasteiger partial charge is 0.354 e. The molecule has 0 aromatic heterocycles. The molecule has 234 valence electrons. The van der Waals surface area contributed by atoms with Crippen LogP contribution >= 0.6 is 0 Å². The molecule has 42 heavy (non-hydrogen) atoms. The summed E-state index contributed by atoms with van der Waals surface area (Å²) in [4.78, 5) is 108. The van der Waals surface area contributed by atoms with Crippen LogP contribution in [0.15, 0.2) is 0 Å². The molecular formula is C26H41N7O9. The van der Waals surface area contributed by atoms with Crippen molar-refractivity contribution in [3.05, 3.63) is 0 Å². The van der Waals surface area contributed by atoms with Crippen LogP contribution in [-0.2, 0) is 43.2 Å². The smallest absolute Gasteiger partial charge is 0.239 e. The van der Waals surface area contributed by atoms with E-state index in [4.69, 9.17) is 0 Å². The summed E-state index contributed by atoms with van der Waals surface area (Å²) in [6, 6.07) is 0. The number of imide groups is 2. The second-order valence-corrected chi connectivity index (χ2v) is 9.31. The van der Waals surface area contributed by atoms with E-state index in [0.29, 0.717) is 0 Å². The maximum Gasteiger partial charge on any atom is 0.239 e. The third-order valence-corrected chi connectivity index (χ3v) is 6.08. The van der Waals surface area contributed by atoms with Crippen molar-refractivity contribution in [3.63, 3.8) is 0 Å². The maximum absolute atomic E-state index is 11.9. The Bertz CT molecular complexity index is 1030. The Hall–Kier alpha value is -4.37. The molecule has 0 aromatic carbocycles. The lowest BCUT2D eigenvalue weighted by molar-refractivity contribution is -0.140. The second kappa shape index (κ2) is 18.9. The molecule has 2 aliphatic heterocycles. The van der Waals surface area contributed by atoms with Crippen LogP contribution in [0.25, 0.3) is 0 Å². The van der Waals surface area contributed by atoms with E-state index in [9.17, 15) is 43.2 Å². The Morgan fingerprint density at radius 1 is 0.619 bits per heavy atom. The summed E-state index contributed by atoms with van der Waals surface area (Å²) >= 11 is 0. The first-order valence-corrected chi connectivity index (χ1v) is 14.0. The molecule has 0 radical (unpaired) electrons. The highest BCUT2D eigenvalue weighted by Gasteiger charge is 2.35. The number of hydrogen-bond donors (Lipinski definition) is 5. The van der Waals surface area contributed by atoms with Gasteiger partial charge in [0.2, 0.25) is 53.2 Å². The highest BCUT2D eigenvalue weighted by atomic mass is 16.2. The Morgan fingerprint density at radius 3 is 1.62 bits per heavy atom. The van der Waals surface area contributed by atoms with Crippen LogP contribution in [0, 0.1) is 5.92 Å². The first kappa shape index (κ1) is 35.7. The average molecular weight is 596 g/mol. The molecule has 0 spiro atoms. The van der Waals surface area contributed by atoms with Crippen molar-refractivity contribution >= 4 is 53.2 Å². The lowest BCUT2D eigenvalue weighted by Crippen LogP contribution is -2.44. The van der Waals surface area contributed by atoms with Gasteiger partial charge in [-0.2, -0.15) is 0 Å². The molecule has 9 amide bonds. The summed E-state index contributed by atoms with van der Waals surface area (Å²) in [5.74, 6) is -4.08. The fraction of sp³-hybridized carbons (Fsp3) is 0.654. The van der Waals surface area contributed by atoms with E-state index in [1.165, 1.54) is 0 Å². The molecule has 0 aromatic rings. The van der Waals surface area contributed by atoms with Gasteiger partial charge >= 0.3 is 0 Å². The number of amides is 9. The van der Waals surface area contributed by atoms with E-state index < -0.39 is 30.2 Å². The van der Waals surface area contributed by atoms with Gasteiger partial charge < -0.3 is 26.6 Å². The molecule has 2 saturated heterocycles. The van der Waals surface area contributed by atoms with Crippen molar-refractivity contribution in [1.29, 1.82) is 0 Å². The van der Waals surface area contributed by atoms with Gasteiger partial charge in [0.05, 0.1) is 19.6 Å². The Balaban J connectivity index is 0.00000431. The number of carbonyl (C=O) groups excluding carboxylic acids is 9. The number of likely N-dealkylation sites (tertiary alicyclic amines) is 2. The predicted octanol–water partition coefficient (Wildman–Crippen LogP) is -2.69. The summed E-state index contributed by atoms with van der Waals surface area (Å²) < 4.78 is 0. The van der Waals surface area contributed by atoms with Crippen molar-refractivity contribution < 1.29 is 43.2 Å². The van der Waals surface area contributed by atoms with E-state index in [2.05, 4.69) is 26.6 Å². The fourth-order valence-corrected chi connectivity index (χ4v) is 3.88. The monoisotopic (exact) mass is 595 g/mol. The minimum atomic E-state index is -0.646. The van der Waals surface area contributed by atoms with Crippen LogP contribution in [0.3, 0.4) is 0 Å². The van der Waals surface area contributed by atoms with Crippen molar-refractivity contribution in [3.8, 4) is 0 Å². The van der Waals surface area contributed by atoms with Gasteiger partial charge in [-0.15, -0.1) is 0 Å². The summed E-state index contributed by atoms with van der Waals surface area (Å²) in [7, 11) is 0. The molecular weight excluding hydrogens is 554 g/mol. The Morgan fingerprint density at radius 2 is 1.10 bits per heavy atom.